The Morgan fingerprint density at radius 1 is 1.00 bits per heavy atom. The van der Waals surface area contributed by atoms with Crippen molar-refractivity contribution in [2.45, 2.75) is 20.3 Å². The highest BCUT2D eigenvalue weighted by Crippen LogP contribution is 2.14. The van der Waals surface area contributed by atoms with Crippen LogP contribution in [0.15, 0.2) is 48.5 Å². The lowest BCUT2D eigenvalue weighted by Gasteiger charge is -2.17. The number of phenols is 1. The molecule has 122 valence electrons. The second-order valence-corrected chi connectivity index (χ2v) is 5.47. The van der Waals surface area contributed by atoms with Gasteiger partial charge in [0.15, 0.2) is 0 Å². The molecule has 0 aliphatic carbocycles. The van der Waals surface area contributed by atoms with Crippen LogP contribution in [-0.4, -0.2) is 35.5 Å². The number of amides is 1. The van der Waals surface area contributed by atoms with Crippen LogP contribution < -0.4 is 5.32 Å². The Morgan fingerprint density at radius 3 is 2.17 bits per heavy atom. The van der Waals surface area contributed by atoms with Crippen molar-refractivity contribution in [3.05, 3.63) is 59.7 Å². The molecule has 0 saturated carbocycles. The van der Waals surface area contributed by atoms with E-state index in [4.69, 9.17) is 0 Å². The highest BCUT2D eigenvalue weighted by atomic mass is 16.3. The molecule has 0 unspecified atom stereocenters. The van der Waals surface area contributed by atoms with E-state index < -0.39 is 0 Å². The fraction of sp³-hybridized carbons (Fsp3) is 0.316. The lowest BCUT2D eigenvalue weighted by atomic mass is 10.1. The van der Waals surface area contributed by atoms with Crippen LogP contribution in [0.25, 0.3) is 0 Å². The average molecular weight is 312 g/mol. The van der Waals surface area contributed by atoms with Gasteiger partial charge in [0, 0.05) is 17.8 Å². The predicted molar refractivity (Wildman–Crippen MR) is 94.0 cm³/mol. The number of carbonyl (C=O) groups excluding carboxylic acids is 1. The molecule has 0 atom stereocenters. The summed E-state index contributed by atoms with van der Waals surface area (Å²) in [5, 5.41) is 12.1. The van der Waals surface area contributed by atoms with Gasteiger partial charge in [-0.05, 0) is 61.5 Å². The van der Waals surface area contributed by atoms with Gasteiger partial charge in [0.05, 0.1) is 0 Å². The summed E-state index contributed by atoms with van der Waals surface area (Å²) in [5.74, 6) is -0.0278. The largest absolute Gasteiger partial charge is 0.508 e. The number of nitrogens with one attached hydrogen (secondary N) is 1. The van der Waals surface area contributed by atoms with E-state index in [1.807, 2.05) is 12.1 Å². The third-order valence-electron chi connectivity index (χ3n) is 3.95. The van der Waals surface area contributed by atoms with Crippen molar-refractivity contribution in [3.63, 3.8) is 0 Å². The van der Waals surface area contributed by atoms with Crippen LogP contribution >= 0.6 is 0 Å². The van der Waals surface area contributed by atoms with Gasteiger partial charge in [0.2, 0.25) is 0 Å². The van der Waals surface area contributed by atoms with E-state index in [2.05, 4.69) is 36.2 Å². The number of hydrogen-bond acceptors (Lipinski definition) is 3. The maximum atomic E-state index is 12.1. The van der Waals surface area contributed by atoms with Crippen LogP contribution in [-0.2, 0) is 6.42 Å². The first kappa shape index (κ1) is 17.0. The van der Waals surface area contributed by atoms with Crippen molar-refractivity contribution < 1.29 is 9.90 Å². The zero-order valence-electron chi connectivity index (χ0n) is 13.7. The van der Waals surface area contributed by atoms with E-state index in [9.17, 15) is 9.90 Å². The maximum absolute atomic E-state index is 12.1. The van der Waals surface area contributed by atoms with E-state index in [0.717, 1.165) is 31.7 Å². The molecular weight excluding hydrogens is 288 g/mol. The van der Waals surface area contributed by atoms with Gasteiger partial charge >= 0.3 is 0 Å². The van der Waals surface area contributed by atoms with Crippen LogP contribution in [0.2, 0.25) is 0 Å². The lowest BCUT2D eigenvalue weighted by molar-refractivity contribution is 0.102. The van der Waals surface area contributed by atoms with E-state index >= 15 is 0 Å². The normalized spacial score (nSPS) is 10.7. The van der Waals surface area contributed by atoms with E-state index in [1.165, 1.54) is 17.7 Å². The van der Waals surface area contributed by atoms with Gasteiger partial charge in [-0.15, -0.1) is 0 Å². The van der Waals surface area contributed by atoms with Gasteiger partial charge in [0.1, 0.15) is 5.75 Å². The third kappa shape index (κ3) is 5.11. The molecule has 0 aliphatic rings. The molecule has 0 aliphatic heterocycles. The zero-order chi connectivity index (χ0) is 16.7. The molecule has 0 bridgehead atoms. The molecule has 0 aromatic heterocycles. The standard InChI is InChI=1S/C19H24N2O2/c1-3-21(4-2)14-13-15-5-9-17(10-6-15)20-19(23)16-7-11-18(22)12-8-16/h5-12,22H,3-4,13-14H2,1-2H3,(H,20,23). The molecule has 2 rings (SSSR count). The zero-order valence-corrected chi connectivity index (χ0v) is 13.7. The fourth-order valence-corrected chi connectivity index (χ4v) is 2.40. The Labute approximate surface area is 137 Å². The summed E-state index contributed by atoms with van der Waals surface area (Å²) in [4.78, 5) is 14.5. The molecule has 0 saturated heterocycles. The van der Waals surface area contributed by atoms with Crippen molar-refractivity contribution >= 4 is 11.6 Å². The summed E-state index contributed by atoms with van der Waals surface area (Å²) < 4.78 is 0. The Balaban J connectivity index is 1.91. The van der Waals surface area contributed by atoms with Crippen LogP contribution in [0.5, 0.6) is 5.75 Å². The van der Waals surface area contributed by atoms with Crippen molar-refractivity contribution in [1.29, 1.82) is 0 Å². The van der Waals surface area contributed by atoms with Gasteiger partial charge in [0.25, 0.3) is 5.91 Å². The summed E-state index contributed by atoms with van der Waals surface area (Å²) in [6.07, 6.45) is 1.01. The van der Waals surface area contributed by atoms with Gasteiger partial charge in [-0.3, -0.25) is 4.79 Å². The number of anilines is 1. The molecule has 2 aromatic carbocycles. The first-order valence-electron chi connectivity index (χ1n) is 8.04. The van der Waals surface area contributed by atoms with Crippen molar-refractivity contribution in [3.8, 4) is 5.75 Å². The summed E-state index contributed by atoms with van der Waals surface area (Å²) >= 11 is 0. The number of benzene rings is 2. The van der Waals surface area contributed by atoms with Crippen LogP contribution in [0, 0.1) is 0 Å². The van der Waals surface area contributed by atoms with Gasteiger partial charge in [-0.25, -0.2) is 0 Å². The fourth-order valence-electron chi connectivity index (χ4n) is 2.40. The average Bonchev–Trinajstić information content (AvgIpc) is 2.58. The van der Waals surface area contributed by atoms with Crippen molar-refractivity contribution in [1.82, 2.24) is 4.90 Å². The minimum Gasteiger partial charge on any atom is -0.508 e. The number of phenolic OH excluding ortho intramolecular Hbond substituents is 1. The smallest absolute Gasteiger partial charge is 0.255 e. The summed E-state index contributed by atoms with van der Waals surface area (Å²) in [5.41, 5.74) is 2.56. The monoisotopic (exact) mass is 312 g/mol. The summed E-state index contributed by atoms with van der Waals surface area (Å²) in [6, 6.07) is 14.2. The van der Waals surface area contributed by atoms with Crippen molar-refractivity contribution in [2.24, 2.45) is 0 Å². The number of rotatable bonds is 7. The first-order chi connectivity index (χ1) is 11.1. The van der Waals surface area contributed by atoms with Gasteiger partial charge < -0.3 is 15.3 Å². The van der Waals surface area contributed by atoms with E-state index in [1.54, 1.807) is 12.1 Å². The van der Waals surface area contributed by atoms with Crippen molar-refractivity contribution in [2.75, 3.05) is 25.0 Å². The number of likely N-dealkylation sites (N-methyl/N-ethyl adjacent to an activating group) is 1. The van der Waals surface area contributed by atoms with Crippen LogP contribution in [0.3, 0.4) is 0 Å². The summed E-state index contributed by atoms with van der Waals surface area (Å²) in [6.45, 7) is 7.53. The molecular formula is C19H24N2O2. The highest BCUT2D eigenvalue weighted by Gasteiger charge is 2.06. The molecule has 0 heterocycles. The third-order valence-corrected chi connectivity index (χ3v) is 3.95. The minimum atomic E-state index is -0.180. The summed E-state index contributed by atoms with van der Waals surface area (Å²) in [7, 11) is 0. The molecule has 0 spiro atoms. The molecule has 23 heavy (non-hydrogen) atoms. The number of carbonyl (C=O) groups is 1. The van der Waals surface area contributed by atoms with E-state index in [-0.39, 0.29) is 11.7 Å². The second-order valence-electron chi connectivity index (χ2n) is 5.47. The highest BCUT2D eigenvalue weighted by molar-refractivity contribution is 6.04. The molecule has 2 aromatic rings. The Morgan fingerprint density at radius 2 is 1.61 bits per heavy atom. The number of hydrogen-bond donors (Lipinski definition) is 2. The Kier molecular flexibility index (Phi) is 6.18. The molecule has 0 radical (unpaired) electrons. The SMILES string of the molecule is CCN(CC)CCc1ccc(NC(=O)c2ccc(O)cc2)cc1. The van der Waals surface area contributed by atoms with Crippen LogP contribution in [0.4, 0.5) is 5.69 Å². The number of nitrogens with zero attached hydrogens (tertiary/aromatic N) is 1. The molecule has 0 fully saturated rings. The lowest BCUT2D eigenvalue weighted by Crippen LogP contribution is -2.25. The quantitative estimate of drug-likeness (QED) is 0.822. The maximum Gasteiger partial charge on any atom is 0.255 e. The van der Waals surface area contributed by atoms with E-state index in [0.29, 0.717) is 5.56 Å². The predicted octanol–water partition coefficient (Wildman–Crippen LogP) is 3.53. The number of aromatic hydroxyl groups is 1. The Bertz CT molecular complexity index is 617. The molecule has 2 N–H and O–H groups in total. The molecule has 4 nitrogen and oxygen atoms in total. The molecule has 1 amide bonds. The minimum absolute atomic E-state index is 0.152. The Hall–Kier alpha value is -2.33. The van der Waals surface area contributed by atoms with Crippen LogP contribution in [0.1, 0.15) is 29.8 Å². The first-order valence-corrected chi connectivity index (χ1v) is 8.04. The second kappa shape index (κ2) is 8.34. The topological polar surface area (TPSA) is 52.6 Å². The van der Waals surface area contributed by atoms with Gasteiger partial charge in [-0.1, -0.05) is 26.0 Å². The molecule has 4 heteroatoms. The van der Waals surface area contributed by atoms with Gasteiger partial charge in [-0.2, -0.15) is 0 Å².